The molecule has 2 heterocycles. The normalized spacial score (nSPS) is 10.6. The number of aromatic amines is 2. The molecule has 0 radical (unpaired) electrons. The number of fused-ring (bicyclic) bond motifs is 1. The molecule has 0 bridgehead atoms. The number of carbonyl (C=O) groups excluding carboxylic acids is 1. The summed E-state index contributed by atoms with van der Waals surface area (Å²) in [5.74, 6) is -0.331. The number of H-pyrrole nitrogens is 2. The van der Waals surface area contributed by atoms with Gasteiger partial charge in [-0.2, -0.15) is 0 Å². The van der Waals surface area contributed by atoms with Crippen molar-refractivity contribution in [2.24, 2.45) is 0 Å². The molecule has 0 saturated heterocycles. The number of benzene rings is 1. The predicted octanol–water partition coefficient (Wildman–Crippen LogP) is 1.18. The van der Waals surface area contributed by atoms with Crippen LogP contribution >= 0.6 is 0 Å². The van der Waals surface area contributed by atoms with Crippen LogP contribution in [0.3, 0.4) is 0 Å². The third-order valence-electron chi connectivity index (χ3n) is 2.98. The van der Waals surface area contributed by atoms with Crippen molar-refractivity contribution in [1.29, 1.82) is 0 Å². The Morgan fingerprint density at radius 2 is 2.15 bits per heavy atom. The van der Waals surface area contributed by atoms with E-state index in [0.717, 1.165) is 5.69 Å². The number of amides is 1. The molecule has 0 aliphatic carbocycles. The first-order chi connectivity index (χ1) is 9.74. The predicted molar refractivity (Wildman–Crippen MR) is 74.3 cm³/mol. The van der Waals surface area contributed by atoms with Crippen LogP contribution in [0.5, 0.6) is 0 Å². The van der Waals surface area contributed by atoms with Gasteiger partial charge in [0.25, 0.3) is 5.91 Å². The zero-order valence-corrected chi connectivity index (χ0v) is 10.5. The van der Waals surface area contributed by atoms with E-state index in [1.54, 1.807) is 30.7 Å². The maximum atomic E-state index is 12.0. The molecule has 1 aromatic carbocycles. The first kappa shape index (κ1) is 12.2. The minimum absolute atomic E-state index is 0.175. The highest BCUT2D eigenvalue weighted by atomic mass is 16.2. The third-order valence-corrected chi connectivity index (χ3v) is 2.98. The van der Waals surface area contributed by atoms with Crippen LogP contribution in [0.4, 0.5) is 0 Å². The van der Waals surface area contributed by atoms with E-state index < -0.39 is 0 Å². The standard InChI is InChI=1S/C14H12N4O2/c19-13-5-12(18-11-4-2-1-3-10(11)13)14(20)16-7-9-6-15-8-17-9/h1-6,8H,7H2,(H,15,17)(H,16,20)(H,18,19). The molecule has 0 spiro atoms. The van der Waals surface area contributed by atoms with Crippen LogP contribution in [0.2, 0.25) is 0 Å². The second-order valence-electron chi connectivity index (χ2n) is 4.35. The first-order valence-corrected chi connectivity index (χ1v) is 6.11. The fourth-order valence-electron chi connectivity index (χ4n) is 1.97. The highest BCUT2D eigenvalue weighted by molar-refractivity contribution is 5.94. The average molecular weight is 268 g/mol. The smallest absolute Gasteiger partial charge is 0.268 e. The number of hydrogen-bond donors (Lipinski definition) is 3. The second kappa shape index (κ2) is 5.00. The lowest BCUT2D eigenvalue weighted by Crippen LogP contribution is -2.25. The van der Waals surface area contributed by atoms with Crippen LogP contribution in [0, 0.1) is 0 Å². The van der Waals surface area contributed by atoms with E-state index in [2.05, 4.69) is 20.3 Å². The third kappa shape index (κ3) is 2.31. The van der Waals surface area contributed by atoms with Crippen molar-refractivity contribution in [3.63, 3.8) is 0 Å². The van der Waals surface area contributed by atoms with E-state index in [1.807, 2.05) is 6.07 Å². The molecule has 0 fully saturated rings. The minimum Gasteiger partial charge on any atom is -0.350 e. The number of carbonyl (C=O) groups is 1. The lowest BCUT2D eigenvalue weighted by molar-refractivity contribution is 0.0945. The Labute approximate surface area is 113 Å². The lowest BCUT2D eigenvalue weighted by atomic mass is 10.2. The van der Waals surface area contributed by atoms with E-state index in [0.29, 0.717) is 17.4 Å². The molecule has 3 rings (SSSR count). The molecular formula is C14H12N4O2. The zero-order chi connectivity index (χ0) is 13.9. The summed E-state index contributed by atoms with van der Waals surface area (Å²) in [6.07, 6.45) is 3.17. The molecule has 100 valence electrons. The lowest BCUT2D eigenvalue weighted by Gasteiger charge is -2.05. The number of aromatic nitrogens is 3. The van der Waals surface area contributed by atoms with E-state index >= 15 is 0 Å². The van der Waals surface area contributed by atoms with Crippen molar-refractivity contribution in [3.8, 4) is 0 Å². The Morgan fingerprint density at radius 3 is 2.95 bits per heavy atom. The summed E-state index contributed by atoms with van der Waals surface area (Å²) in [6.45, 7) is 0.327. The van der Waals surface area contributed by atoms with Gasteiger partial charge in [-0.15, -0.1) is 0 Å². The number of rotatable bonds is 3. The Kier molecular flexibility index (Phi) is 3.04. The van der Waals surface area contributed by atoms with E-state index in [4.69, 9.17) is 0 Å². The van der Waals surface area contributed by atoms with Crippen molar-refractivity contribution in [2.75, 3.05) is 0 Å². The molecule has 6 nitrogen and oxygen atoms in total. The van der Waals surface area contributed by atoms with Crippen LogP contribution in [-0.4, -0.2) is 20.9 Å². The number of pyridine rings is 1. The van der Waals surface area contributed by atoms with Crippen LogP contribution in [-0.2, 0) is 6.54 Å². The van der Waals surface area contributed by atoms with Crippen LogP contribution in [0.25, 0.3) is 10.9 Å². The largest absolute Gasteiger partial charge is 0.350 e. The number of nitrogens with zero attached hydrogens (tertiary/aromatic N) is 1. The molecule has 6 heteroatoms. The van der Waals surface area contributed by atoms with Gasteiger partial charge in [-0.1, -0.05) is 12.1 Å². The van der Waals surface area contributed by atoms with Crippen molar-refractivity contribution in [1.82, 2.24) is 20.3 Å². The van der Waals surface area contributed by atoms with E-state index in [1.165, 1.54) is 6.07 Å². The summed E-state index contributed by atoms with van der Waals surface area (Å²) in [4.78, 5) is 33.7. The van der Waals surface area contributed by atoms with Gasteiger partial charge in [0.1, 0.15) is 5.69 Å². The van der Waals surface area contributed by atoms with E-state index in [-0.39, 0.29) is 17.0 Å². The fourth-order valence-corrected chi connectivity index (χ4v) is 1.97. The molecule has 3 aromatic rings. The highest BCUT2D eigenvalue weighted by Crippen LogP contribution is 2.07. The highest BCUT2D eigenvalue weighted by Gasteiger charge is 2.09. The quantitative estimate of drug-likeness (QED) is 0.666. The average Bonchev–Trinajstić information content (AvgIpc) is 2.98. The number of nitrogens with one attached hydrogen (secondary N) is 3. The molecule has 0 saturated carbocycles. The van der Waals surface area contributed by atoms with Gasteiger partial charge in [-0.3, -0.25) is 9.59 Å². The van der Waals surface area contributed by atoms with Gasteiger partial charge in [0.05, 0.1) is 18.6 Å². The summed E-state index contributed by atoms with van der Waals surface area (Å²) in [7, 11) is 0. The van der Waals surface area contributed by atoms with Crippen LogP contribution < -0.4 is 10.7 Å². The number of hydrogen-bond acceptors (Lipinski definition) is 3. The van der Waals surface area contributed by atoms with Gasteiger partial charge in [-0.25, -0.2) is 4.98 Å². The Morgan fingerprint density at radius 1 is 1.30 bits per heavy atom. The Balaban J connectivity index is 1.86. The number of imidazole rings is 1. The summed E-state index contributed by atoms with van der Waals surface area (Å²) < 4.78 is 0. The van der Waals surface area contributed by atoms with Crippen molar-refractivity contribution >= 4 is 16.8 Å². The molecule has 0 atom stereocenters. The maximum Gasteiger partial charge on any atom is 0.268 e. The summed E-state index contributed by atoms with van der Waals surface area (Å²) in [6, 6.07) is 8.40. The Bertz CT molecular complexity index is 805. The first-order valence-electron chi connectivity index (χ1n) is 6.11. The van der Waals surface area contributed by atoms with Crippen LogP contribution in [0.1, 0.15) is 16.2 Å². The second-order valence-corrected chi connectivity index (χ2v) is 4.35. The minimum atomic E-state index is -0.331. The van der Waals surface area contributed by atoms with Crippen molar-refractivity contribution in [2.45, 2.75) is 6.54 Å². The van der Waals surface area contributed by atoms with Gasteiger partial charge in [-0.05, 0) is 12.1 Å². The van der Waals surface area contributed by atoms with Crippen LogP contribution in [0.15, 0.2) is 47.7 Å². The van der Waals surface area contributed by atoms with E-state index in [9.17, 15) is 9.59 Å². The maximum absolute atomic E-state index is 12.0. The number of para-hydroxylation sites is 1. The monoisotopic (exact) mass is 268 g/mol. The molecule has 0 aliphatic heterocycles. The van der Waals surface area contributed by atoms with Gasteiger partial charge in [0.15, 0.2) is 5.43 Å². The van der Waals surface area contributed by atoms with Gasteiger partial charge in [0.2, 0.25) is 0 Å². The van der Waals surface area contributed by atoms with Crippen molar-refractivity contribution < 1.29 is 4.79 Å². The summed E-state index contributed by atoms with van der Waals surface area (Å²) in [5.41, 5.74) is 1.51. The van der Waals surface area contributed by atoms with Crippen molar-refractivity contribution in [3.05, 3.63) is 64.5 Å². The molecule has 0 aliphatic rings. The molecular weight excluding hydrogens is 256 g/mol. The van der Waals surface area contributed by atoms with Gasteiger partial charge in [0, 0.05) is 23.2 Å². The SMILES string of the molecule is O=C(NCc1cnc[nH]1)c1cc(=O)c2ccccc2[nH]1. The fraction of sp³-hybridized carbons (Fsp3) is 0.0714. The topological polar surface area (TPSA) is 90.6 Å². The molecule has 3 N–H and O–H groups in total. The molecule has 2 aromatic heterocycles. The molecule has 1 amide bonds. The molecule has 20 heavy (non-hydrogen) atoms. The van der Waals surface area contributed by atoms with Gasteiger partial charge >= 0.3 is 0 Å². The zero-order valence-electron chi connectivity index (χ0n) is 10.5. The summed E-state index contributed by atoms with van der Waals surface area (Å²) >= 11 is 0. The Hall–Kier alpha value is -2.89. The summed E-state index contributed by atoms with van der Waals surface area (Å²) in [5, 5.41) is 3.28. The molecule has 0 unspecified atom stereocenters. The van der Waals surface area contributed by atoms with Gasteiger partial charge < -0.3 is 15.3 Å².